The van der Waals surface area contributed by atoms with E-state index in [1.165, 1.54) is 37.7 Å². The number of likely N-dealkylation sites (N-methyl/N-ethyl adjacent to an activating group) is 2. The Labute approximate surface area is 134 Å². The molecule has 0 saturated heterocycles. The Morgan fingerprint density at radius 2 is 2.05 bits per heavy atom. The van der Waals surface area contributed by atoms with Crippen LogP contribution in [-0.4, -0.2) is 42.1 Å². The van der Waals surface area contributed by atoms with Gasteiger partial charge < -0.3 is 10.2 Å². The van der Waals surface area contributed by atoms with Crippen molar-refractivity contribution in [2.75, 3.05) is 20.6 Å². The number of rotatable bonds is 6. The van der Waals surface area contributed by atoms with Crippen molar-refractivity contribution in [3.05, 3.63) is 29.0 Å². The second kappa shape index (κ2) is 7.57. The normalized spacial score (nSPS) is 19.7. The van der Waals surface area contributed by atoms with E-state index in [0.717, 1.165) is 18.0 Å². The van der Waals surface area contributed by atoms with Gasteiger partial charge in [0.15, 0.2) is 0 Å². The second-order valence-corrected chi connectivity index (χ2v) is 6.75. The zero-order chi connectivity index (χ0) is 15.3. The number of nitrogens with one attached hydrogen (secondary N) is 1. The number of hydrogen-bond donors (Lipinski definition) is 1. The Hall–Kier alpha value is -0.640. The molecule has 4 heteroatoms. The maximum atomic E-state index is 6.33. The molecule has 2 rings (SSSR count). The Morgan fingerprint density at radius 3 is 2.62 bits per heavy atom. The van der Waals surface area contributed by atoms with Gasteiger partial charge in [0, 0.05) is 24.0 Å². The van der Waals surface area contributed by atoms with Crippen LogP contribution in [0.2, 0.25) is 5.02 Å². The number of nitrogens with zero attached hydrogens (tertiary/aromatic N) is 2. The molecule has 0 bridgehead atoms. The van der Waals surface area contributed by atoms with Crippen LogP contribution in [0.1, 0.15) is 44.6 Å². The van der Waals surface area contributed by atoms with Gasteiger partial charge in [-0.15, -0.1) is 0 Å². The molecule has 0 aromatic carbocycles. The lowest BCUT2D eigenvalue weighted by Gasteiger charge is -2.49. The first kappa shape index (κ1) is 16.7. The number of aromatic nitrogens is 1. The molecule has 3 nitrogen and oxygen atoms in total. The smallest absolute Gasteiger partial charge is 0.0621 e. The maximum Gasteiger partial charge on any atom is 0.0621 e. The third-order valence-corrected chi connectivity index (χ3v) is 5.33. The van der Waals surface area contributed by atoms with Crippen molar-refractivity contribution in [1.82, 2.24) is 15.2 Å². The lowest BCUT2D eigenvalue weighted by molar-refractivity contribution is 0.0575. The van der Waals surface area contributed by atoms with Crippen molar-refractivity contribution in [2.24, 2.45) is 0 Å². The fourth-order valence-electron chi connectivity index (χ4n) is 3.76. The maximum absolute atomic E-state index is 6.33. The molecule has 21 heavy (non-hydrogen) atoms. The molecule has 1 aromatic heterocycles. The molecule has 1 unspecified atom stereocenters. The van der Waals surface area contributed by atoms with Crippen LogP contribution in [0.5, 0.6) is 0 Å². The summed E-state index contributed by atoms with van der Waals surface area (Å²) in [7, 11) is 4.45. The summed E-state index contributed by atoms with van der Waals surface area (Å²) in [4.78, 5) is 6.54. The summed E-state index contributed by atoms with van der Waals surface area (Å²) in [6, 6.07) is 2.48. The third kappa shape index (κ3) is 3.77. The van der Waals surface area contributed by atoms with Crippen molar-refractivity contribution in [1.29, 1.82) is 0 Å². The number of halogens is 1. The van der Waals surface area contributed by atoms with Gasteiger partial charge >= 0.3 is 0 Å². The highest BCUT2D eigenvalue weighted by atomic mass is 35.5. The van der Waals surface area contributed by atoms with E-state index in [-0.39, 0.29) is 5.54 Å². The molecular weight excluding hydrogens is 282 g/mol. The van der Waals surface area contributed by atoms with Crippen molar-refractivity contribution in [2.45, 2.75) is 57.0 Å². The van der Waals surface area contributed by atoms with Crippen LogP contribution in [0.15, 0.2) is 18.5 Å². The second-order valence-electron chi connectivity index (χ2n) is 6.34. The molecular formula is C17H28ClN3. The van der Waals surface area contributed by atoms with Crippen molar-refractivity contribution in [3.8, 4) is 0 Å². The van der Waals surface area contributed by atoms with Gasteiger partial charge in [0.05, 0.1) is 5.02 Å². The first-order chi connectivity index (χ1) is 10.1. The molecule has 1 fully saturated rings. The zero-order valence-electron chi connectivity index (χ0n) is 13.5. The molecule has 1 N–H and O–H groups in total. The van der Waals surface area contributed by atoms with Crippen LogP contribution in [-0.2, 0) is 6.42 Å². The minimum absolute atomic E-state index is 0.237. The highest BCUT2D eigenvalue weighted by Gasteiger charge is 2.41. The minimum Gasteiger partial charge on any atom is -0.312 e. The van der Waals surface area contributed by atoms with Crippen molar-refractivity contribution >= 4 is 11.6 Å². The first-order valence-corrected chi connectivity index (χ1v) is 8.47. The summed E-state index contributed by atoms with van der Waals surface area (Å²) in [6.07, 6.45) is 11.1. The van der Waals surface area contributed by atoms with Crippen molar-refractivity contribution < 1.29 is 0 Å². The van der Waals surface area contributed by atoms with Crippen LogP contribution < -0.4 is 5.32 Å². The largest absolute Gasteiger partial charge is 0.312 e. The fraction of sp³-hybridized carbons (Fsp3) is 0.706. The molecule has 1 saturated carbocycles. The van der Waals surface area contributed by atoms with Crippen LogP contribution >= 0.6 is 11.6 Å². The van der Waals surface area contributed by atoms with Gasteiger partial charge in [0.2, 0.25) is 0 Å². The molecule has 0 amide bonds. The lowest BCUT2D eigenvalue weighted by Crippen LogP contribution is -2.60. The Kier molecular flexibility index (Phi) is 6.03. The van der Waals surface area contributed by atoms with Crippen LogP contribution in [0, 0.1) is 0 Å². The Morgan fingerprint density at radius 1 is 1.33 bits per heavy atom. The molecule has 1 atom stereocenters. The molecule has 0 aliphatic heterocycles. The quantitative estimate of drug-likeness (QED) is 0.871. The van der Waals surface area contributed by atoms with E-state index >= 15 is 0 Å². The van der Waals surface area contributed by atoms with Crippen LogP contribution in [0.3, 0.4) is 0 Å². The average molecular weight is 310 g/mol. The zero-order valence-corrected chi connectivity index (χ0v) is 14.3. The Bertz CT molecular complexity index is 441. The highest BCUT2D eigenvalue weighted by molar-refractivity contribution is 6.31. The summed E-state index contributed by atoms with van der Waals surface area (Å²) in [6.45, 7) is 3.18. The number of hydrogen-bond acceptors (Lipinski definition) is 3. The minimum atomic E-state index is 0.237. The Balaban J connectivity index is 2.25. The van der Waals surface area contributed by atoms with E-state index in [2.05, 4.69) is 42.3 Å². The standard InChI is InChI=1S/C17H28ClN3/c1-4-20-16(12-14-8-11-19-13-15(14)18)17(21(2)3)9-6-5-7-10-17/h8,11,13,16,20H,4-7,9-10,12H2,1-3H3. The summed E-state index contributed by atoms with van der Waals surface area (Å²) in [5.41, 5.74) is 1.44. The molecule has 0 radical (unpaired) electrons. The topological polar surface area (TPSA) is 28.2 Å². The van der Waals surface area contributed by atoms with Gasteiger partial charge in [-0.3, -0.25) is 4.98 Å². The van der Waals surface area contributed by atoms with Crippen LogP contribution in [0.25, 0.3) is 0 Å². The fourth-order valence-corrected chi connectivity index (χ4v) is 3.96. The first-order valence-electron chi connectivity index (χ1n) is 8.09. The van der Waals surface area contributed by atoms with Crippen LogP contribution in [0.4, 0.5) is 0 Å². The van der Waals surface area contributed by atoms with Gasteiger partial charge in [-0.2, -0.15) is 0 Å². The summed E-state index contributed by atoms with van der Waals surface area (Å²) < 4.78 is 0. The third-order valence-electron chi connectivity index (χ3n) is 4.99. The van der Waals surface area contributed by atoms with E-state index in [1.807, 2.05) is 6.20 Å². The molecule has 1 aromatic rings. The van der Waals surface area contributed by atoms with Gasteiger partial charge in [-0.1, -0.05) is 37.8 Å². The van der Waals surface area contributed by atoms with Gasteiger partial charge in [0.25, 0.3) is 0 Å². The summed E-state index contributed by atoms with van der Waals surface area (Å²) in [5.74, 6) is 0. The summed E-state index contributed by atoms with van der Waals surface area (Å²) in [5, 5.41) is 4.51. The van der Waals surface area contributed by atoms with E-state index in [9.17, 15) is 0 Å². The highest BCUT2D eigenvalue weighted by Crippen LogP contribution is 2.36. The SMILES string of the molecule is CCNC(Cc1ccncc1Cl)C1(N(C)C)CCCCC1. The van der Waals surface area contributed by atoms with E-state index < -0.39 is 0 Å². The predicted molar refractivity (Wildman–Crippen MR) is 89.9 cm³/mol. The number of pyridine rings is 1. The summed E-state index contributed by atoms with van der Waals surface area (Å²) >= 11 is 6.33. The molecule has 118 valence electrons. The predicted octanol–water partition coefficient (Wildman–Crippen LogP) is 3.52. The van der Waals surface area contributed by atoms with Crippen molar-refractivity contribution in [3.63, 3.8) is 0 Å². The average Bonchev–Trinajstić information content (AvgIpc) is 2.49. The van der Waals surface area contributed by atoms with Gasteiger partial charge in [-0.05, 0) is 51.5 Å². The monoisotopic (exact) mass is 309 g/mol. The van der Waals surface area contributed by atoms with Gasteiger partial charge in [-0.25, -0.2) is 0 Å². The van der Waals surface area contributed by atoms with E-state index in [4.69, 9.17) is 11.6 Å². The van der Waals surface area contributed by atoms with Gasteiger partial charge in [0.1, 0.15) is 0 Å². The van der Waals surface area contributed by atoms with E-state index in [0.29, 0.717) is 6.04 Å². The van der Waals surface area contributed by atoms with E-state index in [1.54, 1.807) is 6.20 Å². The molecule has 1 heterocycles. The lowest BCUT2D eigenvalue weighted by atomic mass is 9.73. The molecule has 1 aliphatic rings. The molecule has 1 aliphatic carbocycles. The molecule has 0 spiro atoms.